The average molecular weight is 321 g/mol. The van der Waals surface area contributed by atoms with Crippen molar-refractivity contribution >= 4 is 11.9 Å². The lowest BCUT2D eigenvalue weighted by atomic mass is 9.98. The van der Waals surface area contributed by atoms with Crippen LogP contribution in [0.4, 0.5) is 0 Å². The molecule has 0 heterocycles. The van der Waals surface area contributed by atoms with Gasteiger partial charge in [0.25, 0.3) is 0 Å². The fourth-order valence-electron chi connectivity index (χ4n) is 2.27. The van der Waals surface area contributed by atoms with Crippen molar-refractivity contribution in [3.05, 3.63) is 29.8 Å². The summed E-state index contributed by atoms with van der Waals surface area (Å²) in [5.41, 5.74) is 0.807. The highest BCUT2D eigenvalue weighted by Crippen LogP contribution is 2.28. The van der Waals surface area contributed by atoms with E-state index >= 15 is 0 Å². The summed E-state index contributed by atoms with van der Waals surface area (Å²) in [5, 5.41) is 12.0. The molecule has 0 saturated heterocycles. The maximum atomic E-state index is 11.7. The third kappa shape index (κ3) is 5.90. The Labute approximate surface area is 135 Å². The van der Waals surface area contributed by atoms with Gasteiger partial charge in [0, 0.05) is 6.54 Å². The van der Waals surface area contributed by atoms with Gasteiger partial charge in [-0.2, -0.15) is 0 Å². The van der Waals surface area contributed by atoms with Crippen LogP contribution in [0.3, 0.4) is 0 Å². The van der Waals surface area contributed by atoms with Crippen LogP contribution in [0.5, 0.6) is 5.75 Å². The fourth-order valence-corrected chi connectivity index (χ4v) is 2.27. The third-order valence-electron chi connectivity index (χ3n) is 3.84. The molecule has 1 saturated carbocycles. The van der Waals surface area contributed by atoms with Gasteiger partial charge in [-0.05, 0) is 36.8 Å². The SMILES string of the molecule is COc1ccccc1CC(CNC(=O)COCC1CC1)C(=O)O. The summed E-state index contributed by atoms with van der Waals surface area (Å²) in [7, 11) is 1.55. The van der Waals surface area contributed by atoms with Gasteiger partial charge < -0.3 is 19.9 Å². The molecule has 0 bridgehead atoms. The predicted octanol–water partition coefficient (Wildman–Crippen LogP) is 1.48. The molecule has 0 radical (unpaired) electrons. The Morgan fingerprint density at radius 2 is 2.09 bits per heavy atom. The van der Waals surface area contributed by atoms with Crippen molar-refractivity contribution in [2.75, 3.05) is 26.9 Å². The van der Waals surface area contributed by atoms with Crippen LogP contribution in [0.15, 0.2) is 24.3 Å². The number of rotatable bonds is 10. The highest BCUT2D eigenvalue weighted by Gasteiger charge is 2.23. The Kier molecular flexibility index (Phi) is 6.40. The largest absolute Gasteiger partial charge is 0.496 e. The van der Waals surface area contributed by atoms with E-state index < -0.39 is 11.9 Å². The second kappa shape index (κ2) is 8.53. The Morgan fingerprint density at radius 1 is 1.35 bits per heavy atom. The Morgan fingerprint density at radius 3 is 2.74 bits per heavy atom. The maximum absolute atomic E-state index is 11.7. The number of aliphatic carboxylic acids is 1. The fraction of sp³-hybridized carbons (Fsp3) is 0.529. The van der Waals surface area contributed by atoms with E-state index in [-0.39, 0.29) is 19.1 Å². The van der Waals surface area contributed by atoms with Gasteiger partial charge in [-0.3, -0.25) is 9.59 Å². The summed E-state index contributed by atoms with van der Waals surface area (Å²) in [4.78, 5) is 23.1. The number of benzene rings is 1. The molecule has 6 nitrogen and oxygen atoms in total. The van der Waals surface area contributed by atoms with E-state index in [0.29, 0.717) is 24.7 Å². The van der Waals surface area contributed by atoms with Crippen molar-refractivity contribution < 1.29 is 24.2 Å². The first kappa shape index (κ1) is 17.3. The topological polar surface area (TPSA) is 84.9 Å². The third-order valence-corrected chi connectivity index (χ3v) is 3.84. The van der Waals surface area contributed by atoms with Gasteiger partial charge in [0.2, 0.25) is 5.91 Å². The van der Waals surface area contributed by atoms with Gasteiger partial charge in [0.15, 0.2) is 0 Å². The van der Waals surface area contributed by atoms with Gasteiger partial charge in [-0.15, -0.1) is 0 Å². The van der Waals surface area contributed by atoms with Crippen LogP contribution in [0.1, 0.15) is 18.4 Å². The second-order valence-corrected chi connectivity index (χ2v) is 5.81. The van der Waals surface area contributed by atoms with Gasteiger partial charge in [-0.1, -0.05) is 18.2 Å². The number of nitrogens with one attached hydrogen (secondary N) is 1. The predicted molar refractivity (Wildman–Crippen MR) is 84.4 cm³/mol. The van der Waals surface area contributed by atoms with Crippen molar-refractivity contribution in [2.45, 2.75) is 19.3 Å². The lowest BCUT2D eigenvalue weighted by Crippen LogP contribution is -2.36. The quantitative estimate of drug-likeness (QED) is 0.682. The van der Waals surface area contributed by atoms with Crippen molar-refractivity contribution in [1.82, 2.24) is 5.32 Å². The molecule has 2 rings (SSSR count). The highest BCUT2D eigenvalue weighted by atomic mass is 16.5. The van der Waals surface area contributed by atoms with Crippen molar-refractivity contribution in [3.8, 4) is 5.75 Å². The minimum absolute atomic E-state index is 0.0164. The number of carbonyl (C=O) groups excluding carboxylic acids is 1. The zero-order valence-electron chi connectivity index (χ0n) is 13.3. The van der Waals surface area contributed by atoms with Crippen LogP contribution < -0.4 is 10.1 Å². The molecule has 1 amide bonds. The molecule has 1 aliphatic rings. The molecule has 2 N–H and O–H groups in total. The number of carboxylic acids is 1. The van der Waals surface area contributed by atoms with E-state index in [4.69, 9.17) is 9.47 Å². The van der Waals surface area contributed by atoms with E-state index in [1.807, 2.05) is 18.2 Å². The van der Waals surface area contributed by atoms with E-state index in [0.717, 1.165) is 5.56 Å². The first-order valence-corrected chi connectivity index (χ1v) is 7.79. The van der Waals surface area contributed by atoms with Crippen molar-refractivity contribution in [1.29, 1.82) is 0 Å². The van der Waals surface area contributed by atoms with E-state index in [2.05, 4.69) is 5.32 Å². The maximum Gasteiger partial charge on any atom is 0.308 e. The molecule has 1 aliphatic carbocycles. The molecule has 0 aliphatic heterocycles. The summed E-state index contributed by atoms with van der Waals surface area (Å²) < 4.78 is 10.5. The van der Waals surface area contributed by atoms with Gasteiger partial charge in [-0.25, -0.2) is 0 Å². The monoisotopic (exact) mass is 321 g/mol. The number of hydrogen-bond acceptors (Lipinski definition) is 4. The number of methoxy groups -OCH3 is 1. The number of hydrogen-bond donors (Lipinski definition) is 2. The van der Waals surface area contributed by atoms with E-state index in [1.54, 1.807) is 13.2 Å². The summed E-state index contributed by atoms with van der Waals surface area (Å²) in [5.74, 6) is -0.691. The summed E-state index contributed by atoms with van der Waals surface area (Å²) in [6.45, 7) is 0.660. The molecular formula is C17H23NO5. The Hall–Kier alpha value is -2.08. The Balaban J connectivity index is 1.80. The number of carboxylic acid groups (broad SMARTS) is 1. The van der Waals surface area contributed by atoms with E-state index in [1.165, 1.54) is 12.8 Å². The zero-order valence-corrected chi connectivity index (χ0v) is 13.3. The molecule has 0 aromatic heterocycles. The number of para-hydroxylation sites is 1. The summed E-state index contributed by atoms with van der Waals surface area (Å²) in [6, 6.07) is 7.28. The van der Waals surface area contributed by atoms with Crippen LogP contribution >= 0.6 is 0 Å². The van der Waals surface area contributed by atoms with Crippen LogP contribution in [-0.2, 0) is 20.7 Å². The van der Waals surface area contributed by atoms with Gasteiger partial charge in [0.1, 0.15) is 12.4 Å². The lowest BCUT2D eigenvalue weighted by Gasteiger charge is -2.15. The second-order valence-electron chi connectivity index (χ2n) is 5.81. The molecule has 1 unspecified atom stereocenters. The molecule has 1 atom stereocenters. The van der Waals surface area contributed by atoms with Crippen LogP contribution in [-0.4, -0.2) is 43.9 Å². The van der Waals surface area contributed by atoms with Crippen LogP contribution in [0.2, 0.25) is 0 Å². The summed E-state index contributed by atoms with van der Waals surface area (Å²) in [6.07, 6.45) is 2.63. The molecule has 126 valence electrons. The molecule has 1 aromatic rings. The average Bonchev–Trinajstić information content (AvgIpc) is 3.35. The van der Waals surface area contributed by atoms with Crippen molar-refractivity contribution in [2.24, 2.45) is 11.8 Å². The summed E-state index contributed by atoms with van der Waals surface area (Å²) >= 11 is 0. The normalized spacial score (nSPS) is 15.0. The standard InChI is InChI=1S/C17H23NO5/c1-22-15-5-3-2-4-13(15)8-14(17(20)21)9-18-16(19)11-23-10-12-6-7-12/h2-5,12,14H,6-11H2,1H3,(H,18,19)(H,20,21). The molecule has 1 fully saturated rings. The van der Waals surface area contributed by atoms with Crippen molar-refractivity contribution in [3.63, 3.8) is 0 Å². The van der Waals surface area contributed by atoms with E-state index in [9.17, 15) is 14.7 Å². The molecule has 1 aromatic carbocycles. The minimum Gasteiger partial charge on any atom is -0.496 e. The van der Waals surface area contributed by atoms with Crippen LogP contribution in [0, 0.1) is 11.8 Å². The first-order chi connectivity index (χ1) is 11.1. The molecule has 6 heteroatoms. The van der Waals surface area contributed by atoms with Crippen LogP contribution in [0.25, 0.3) is 0 Å². The molecule has 23 heavy (non-hydrogen) atoms. The molecular weight excluding hydrogens is 298 g/mol. The number of ether oxygens (including phenoxy) is 2. The smallest absolute Gasteiger partial charge is 0.308 e. The Bertz CT molecular complexity index is 542. The van der Waals surface area contributed by atoms with Gasteiger partial charge >= 0.3 is 5.97 Å². The van der Waals surface area contributed by atoms with Gasteiger partial charge in [0.05, 0.1) is 19.6 Å². The zero-order chi connectivity index (χ0) is 16.7. The minimum atomic E-state index is -0.949. The number of amides is 1. The highest BCUT2D eigenvalue weighted by molar-refractivity contribution is 5.78. The lowest BCUT2D eigenvalue weighted by molar-refractivity contribution is -0.141. The molecule has 0 spiro atoms. The first-order valence-electron chi connectivity index (χ1n) is 7.79. The number of carbonyl (C=O) groups is 2.